The van der Waals surface area contributed by atoms with Crippen molar-refractivity contribution in [3.8, 4) is 0 Å². The van der Waals surface area contributed by atoms with Crippen LogP contribution in [0.15, 0.2) is 27.5 Å². The first kappa shape index (κ1) is 10.7. The number of hydrogen-bond acceptors (Lipinski definition) is 6. The maximum Gasteiger partial charge on any atom is 0.360 e. The minimum absolute atomic E-state index is 0.166. The van der Waals surface area contributed by atoms with Crippen LogP contribution < -0.4 is 5.32 Å². The van der Waals surface area contributed by atoms with Crippen LogP contribution in [0.3, 0.4) is 0 Å². The molecule has 16 heavy (non-hydrogen) atoms. The van der Waals surface area contributed by atoms with E-state index in [1.807, 2.05) is 16.8 Å². The zero-order valence-corrected chi connectivity index (χ0v) is 9.41. The number of carbonyl (C=O) groups is 1. The molecule has 2 aromatic heterocycles. The Kier molecular flexibility index (Phi) is 3.21. The summed E-state index contributed by atoms with van der Waals surface area (Å²) in [5, 5.41) is 6.77. The van der Waals surface area contributed by atoms with Gasteiger partial charge in [-0.2, -0.15) is 16.3 Å². The van der Waals surface area contributed by atoms with Gasteiger partial charge in [0.15, 0.2) is 5.69 Å². The van der Waals surface area contributed by atoms with E-state index >= 15 is 0 Å². The Balaban J connectivity index is 2.05. The van der Waals surface area contributed by atoms with Crippen molar-refractivity contribution in [1.82, 2.24) is 4.98 Å². The van der Waals surface area contributed by atoms with E-state index < -0.39 is 5.97 Å². The molecule has 0 radical (unpaired) electrons. The lowest BCUT2D eigenvalue weighted by Gasteiger charge is -1.96. The molecule has 1 N–H and O–H groups in total. The predicted octanol–water partition coefficient (Wildman–Crippen LogP) is 2.66. The van der Waals surface area contributed by atoms with Crippen LogP contribution >= 0.6 is 11.3 Å². The van der Waals surface area contributed by atoms with Crippen molar-refractivity contribution in [2.75, 3.05) is 11.9 Å². The number of oxazole rings is 1. The average Bonchev–Trinajstić information content (AvgIpc) is 2.90. The number of hydrogen-bond donors (Lipinski definition) is 1. The Morgan fingerprint density at radius 3 is 3.25 bits per heavy atom. The highest BCUT2D eigenvalue weighted by molar-refractivity contribution is 7.08. The number of nitrogens with one attached hydrogen (secondary N) is 1. The van der Waals surface area contributed by atoms with Crippen molar-refractivity contribution < 1.29 is 13.9 Å². The highest BCUT2D eigenvalue weighted by Crippen LogP contribution is 2.18. The van der Waals surface area contributed by atoms with Crippen molar-refractivity contribution in [2.45, 2.75) is 6.92 Å². The molecule has 0 unspecified atom stereocenters. The third kappa shape index (κ3) is 2.40. The van der Waals surface area contributed by atoms with E-state index in [4.69, 9.17) is 9.15 Å². The largest absolute Gasteiger partial charge is 0.461 e. The summed E-state index contributed by atoms with van der Waals surface area (Å²) in [6, 6.07) is 2.17. The number of thiophene rings is 1. The SMILES string of the molecule is CCOC(=O)c1coc(Nc2ccsc2)n1. The molecule has 84 valence electrons. The minimum atomic E-state index is -0.482. The van der Waals surface area contributed by atoms with E-state index in [0.717, 1.165) is 5.69 Å². The zero-order valence-electron chi connectivity index (χ0n) is 8.60. The predicted molar refractivity (Wildman–Crippen MR) is 60.1 cm³/mol. The summed E-state index contributed by atoms with van der Waals surface area (Å²) in [7, 11) is 0. The summed E-state index contributed by atoms with van der Waals surface area (Å²) in [5.74, 6) is -0.482. The zero-order chi connectivity index (χ0) is 11.4. The highest BCUT2D eigenvalue weighted by atomic mass is 32.1. The van der Waals surface area contributed by atoms with Gasteiger partial charge in [0.2, 0.25) is 0 Å². The van der Waals surface area contributed by atoms with E-state index in [-0.39, 0.29) is 11.7 Å². The summed E-state index contributed by atoms with van der Waals surface area (Å²) >= 11 is 1.56. The fourth-order valence-electron chi connectivity index (χ4n) is 1.09. The van der Waals surface area contributed by atoms with Crippen molar-refractivity contribution in [1.29, 1.82) is 0 Å². The number of esters is 1. The van der Waals surface area contributed by atoms with Gasteiger partial charge in [0.25, 0.3) is 6.01 Å². The van der Waals surface area contributed by atoms with Gasteiger partial charge in [0, 0.05) is 5.38 Å². The van der Waals surface area contributed by atoms with Crippen LogP contribution in [0.1, 0.15) is 17.4 Å². The van der Waals surface area contributed by atoms with Gasteiger partial charge in [0.1, 0.15) is 6.26 Å². The van der Waals surface area contributed by atoms with Crippen molar-refractivity contribution >= 4 is 29.0 Å². The lowest BCUT2D eigenvalue weighted by molar-refractivity contribution is 0.0519. The van der Waals surface area contributed by atoms with E-state index in [0.29, 0.717) is 6.61 Å². The molecule has 5 nitrogen and oxygen atoms in total. The third-order valence-corrected chi connectivity index (χ3v) is 2.44. The molecule has 0 aliphatic heterocycles. The number of nitrogens with zero attached hydrogens (tertiary/aromatic N) is 1. The normalized spacial score (nSPS) is 10.1. The van der Waals surface area contributed by atoms with E-state index in [2.05, 4.69) is 10.3 Å². The lowest BCUT2D eigenvalue weighted by atomic mass is 10.5. The van der Waals surface area contributed by atoms with E-state index in [1.54, 1.807) is 18.3 Å². The van der Waals surface area contributed by atoms with Crippen molar-refractivity contribution in [3.05, 3.63) is 28.8 Å². The fraction of sp³-hybridized carbons (Fsp3) is 0.200. The Bertz CT molecular complexity index is 464. The van der Waals surface area contributed by atoms with Crippen LogP contribution in [-0.2, 0) is 4.74 Å². The topological polar surface area (TPSA) is 64.4 Å². The second-order valence-electron chi connectivity index (χ2n) is 2.90. The molecule has 2 rings (SSSR count). The van der Waals surface area contributed by atoms with Crippen LogP contribution in [0, 0.1) is 0 Å². The first-order valence-electron chi connectivity index (χ1n) is 4.71. The van der Waals surface area contributed by atoms with Gasteiger partial charge >= 0.3 is 5.97 Å². The average molecular weight is 238 g/mol. The number of anilines is 2. The Labute approximate surface area is 96.1 Å². The molecule has 0 fully saturated rings. The van der Waals surface area contributed by atoms with Crippen LogP contribution in [0.4, 0.5) is 11.7 Å². The molecule has 2 heterocycles. The Hall–Kier alpha value is -1.82. The molecule has 0 bridgehead atoms. The summed E-state index contributed by atoms with van der Waals surface area (Å²) in [6.07, 6.45) is 1.27. The van der Waals surface area contributed by atoms with Crippen LogP contribution in [-0.4, -0.2) is 17.6 Å². The Morgan fingerprint density at radius 2 is 2.56 bits per heavy atom. The maximum atomic E-state index is 11.3. The second kappa shape index (κ2) is 4.80. The van der Waals surface area contributed by atoms with Gasteiger partial charge < -0.3 is 14.5 Å². The van der Waals surface area contributed by atoms with Gasteiger partial charge in [0.05, 0.1) is 12.3 Å². The van der Waals surface area contributed by atoms with Gasteiger partial charge in [-0.05, 0) is 18.4 Å². The number of ether oxygens (including phenoxy) is 1. The van der Waals surface area contributed by atoms with E-state index in [1.165, 1.54) is 6.26 Å². The Morgan fingerprint density at radius 1 is 1.69 bits per heavy atom. The lowest BCUT2D eigenvalue weighted by Crippen LogP contribution is -2.04. The summed E-state index contributed by atoms with van der Waals surface area (Å²) in [5.41, 5.74) is 1.04. The fourth-order valence-corrected chi connectivity index (χ4v) is 1.68. The molecule has 0 spiro atoms. The van der Waals surface area contributed by atoms with Crippen LogP contribution in [0.25, 0.3) is 0 Å². The van der Waals surface area contributed by atoms with Gasteiger partial charge in [-0.3, -0.25) is 0 Å². The molecule has 0 atom stereocenters. The minimum Gasteiger partial charge on any atom is -0.461 e. The first-order chi connectivity index (χ1) is 7.79. The first-order valence-corrected chi connectivity index (χ1v) is 5.65. The van der Waals surface area contributed by atoms with Crippen molar-refractivity contribution in [3.63, 3.8) is 0 Å². The molecule has 0 saturated carbocycles. The molecule has 0 amide bonds. The molecule has 0 aliphatic rings. The number of carbonyl (C=O) groups excluding carboxylic acids is 1. The molecule has 2 aromatic rings. The second-order valence-corrected chi connectivity index (χ2v) is 3.68. The standard InChI is InChI=1S/C10H10N2O3S/c1-2-14-9(13)8-5-15-10(12-8)11-7-3-4-16-6-7/h3-6H,2H2,1H3,(H,11,12). The van der Waals surface area contributed by atoms with Gasteiger partial charge in [-0.15, -0.1) is 0 Å². The quantitative estimate of drug-likeness (QED) is 0.829. The summed E-state index contributed by atoms with van der Waals surface area (Å²) < 4.78 is 9.88. The van der Waals surface area contributed by atoms with Crippen LogP contribution in [0.2, 0.25) is 0 Å². The smallest absolute Gasteiger partial charge is 0.360 e. The molecular formula is C10H10N2O3S. The van der Waals surface area contributed by atoms with Gasteiger partial charge in [-0.1, -0.05) is 0 Å². The summed E-state index contributed by atoms with van der Waals surface area (Å²) in [4.78, 5) is 15.2. The van der Waals surface area contributed by atoms with E-state index in [9.17, 15) is 4.79 Å². The van der Waals surface area contributed by atoms with Gasteiger partial charge in [-0.25, -0.2) is 4.79 Å². The van der Waals surface area contributed by atoms with Crippen LogP contribution in [0.5, 0.6) is 0 Å². The number of aromatic nitrogens is 1. The third-order valence-electron chi connectivity index (χ3n) is 1.76. The molecule has 0 saturated heterocycles. The molecule has 0 aliphatic carbocycles. The molecular weight excluding hydrogens is 228 g/mol. The summed E-state index contributed by atoms with van der Waals surface area (Å²) in [6.45, 7) is 2.06. The molecule has 6 heteroatoms. The maximum absolute atomic E-state index is 11.3. The van der Waals surface area contributed by atoms with Crippen molar-refractivity contribution in [2.24, 2.45) is 0 Å². The molecule has 0 aromatic carbocycles. The monoisotopic (exact) mass is 238 g/mol. The number of rotatable bonds is 4. The highest BCUT2D eigenvalue weighted by Gasteiger charge is 2.12.